The third-order valence-corrected chi connectivity index (χ3v) is 2.59. The van der Waals surface area contributed by atoms with Crippen molar-refractivity contribution in [3.05, 3.63) is 0 Å². The molecule has 1 aliphatic carbocycles. The van der Waals surface area contributed by atoms with Gasteiger partial charge < -0.3 is 14.3 Å². The van der Waals surface area contributed by atoms with Gasteiger partial charge in [-0.25, -0.2) is 0 Å². The first-order chi connectivity index (χ1) is 6.36. The lowest BCUT2D eigenvalue weighted by molar-refractivity contribution is -0.110. The van der Waals surface area contributed by atoms with Gasteiger partial charge in [-0.2, -0.15) is 0 Å². The van der Waals surface area contributed by atoms with E-state index in [1.54, 1.807) is 7.11 Å². The van der Waals surface area contributed by atoms with Crippen LogP contribution in [-0.2, 0) is 14.3 Å². The molecule has 76 valence electrons. The van der Waals surface area contributed by atoms with Crippen molar-refractivity contribution in [3.8, 4) is 0 Å². The Kier molecular flexibility index (Phi) is 5.01. The smallest absolute Gasteiger partial charge is 0.146 e. The molecule has 0 aromatic rings. The van der Waals surface area contributed by atoms with Gasteiger partial charge in [0.2, 0.25) is 0 Å². The van der Waals surface area contributed by atoms with Crippen LogP contribution in [0.2, 0.25) is 0 Å². The van der Waals surface area contributed by atoms with Gasteiger partial charge in [0.25, 0.3) is 0 Å². The minimum Gasteiger partial charge on any atom is -0.359 e. The highest BCUT2D eigenvalue weighted by Gasteiger charge is 2.21. The molecule has 0 heterocycles. The number of carbonyl (C=O) groups is 1. The highest BCUT2D eigenvalue weighted by Crippen LogP contribution is 2.27. The van der Waals surface area contributed by atoms with Gasteiger partial charge >= 0.3 is 0 Å². The maximum Gasteiger partial charge on any atom is 0.146 e. The van der Waals surface area contributed by atoms with Crippen LogP contribution in [0.5, 0.6) is 0 Å². The molecule has 1 saturated carbocycles. The van der Waals surface area contributed by atoms with Crippen LogP contribution in [0, 0.1) is 5.92 Å². The van der Waals surface area contributed by atoms with E-state index in [9.17, 15) is 4.79 Å². The molecule has 0 amide bonds. The van der Waals surface area contributed by atoms with Crippen LogP contribution in [0.4, 0.5) is 0 Å². The van der Waals surface area contributed by atoms with E-state index in [1.165, 1.54) is 12.8 Å². The molecule has 0 aromatic heterocycles. The third-order valence-electron chi connectivity index (χ3n) is 2.59. The fourth-order valence-electron chi connectivity index (χ4n) is 1.91. The van der Waals surface area contributed by atoms with E-state index in [2.05, 4.69) is 0 Å². The number of hydrogen-bond acceptors (Lipinski definition) is 3. The van der Waals surface area contributed by atoms with Gasteiger partial charge in [0.1, 0.15) is 13.1 Å². The Labute approximate surface area is 79.4 Å². The van der Waals surface area contributed by atoms with Crippen molar-refractivity contribution in [2.75, 3.05) is 13.9 Å². The highest BCUT2D eigenvalue weighted by molar-refractivity contribution is 5.49. The second-order valence-electron chi connectivity index (χ2n) is 3.63. The van der Waals surface area contributed by atoms with Crippen LogP contribution < -0.4 is 0 Å². The van der Waals surface area contributed by atoms with Gasteiger partial charge in [-0.1, -0.05) is 6.42 Å². The van der Waals surface area contributed by atoms with E-state index in [4.69, 9.17) is 9.47 Å². The number of aldehydes is 1. The minimum atomic E-state index is 0.304. The molecular weight excluding hydrogens is 168 g/mol. The molecule has 0 aliphatic heterocycles. The third kappa shape index (κ3) is 3.87. The molecule has 0 spiro atoms. The van der Waals surface area contributed by atoms with Crippen LogP contribution in [0.25, 0.3) is 0 Å². The van der Waals surface area contributed by atoms with Crippen molar-refractivity contribution in [2.24, 2.45) is 5.92 Å². The lowest BCUT2D eigenvalue weighted by atomic mass is 9.85. The van der Waals surface area contributed by atoms with Crippen molar-refractivity contribution >= 4 is 6.29 Å². The lowest BCUT2D eigenvalue weighted by Gasteiger charge is -2.27. The number of ether oxygens (including phenoxy) is 2. The molecular formula is C10H18O3. The van der Waals surface area contributed by atoms with E-state index in [1.807, 2.05) is 0 Å². The van der Waals surface area contributed by atoms with Crippen molar-refractivity contribution in [1.29, 1.82) is 0 Å². The van der Waals surface area contributed by atoms with Crippen LogP contribution in [0.15, 0.2) is 0 Å². The summed E-state index contributed by atoms with van der Waals surface area (Å²) in [6.45, 7) is 0.373. The maximum absolute atomic E-state index is 10.3. The molecule has 0 radical (unpaired) electrons. The first-order valence-corrected chi connectivity index (χ1v) is 4.91. The van der Waals surface area contributed by atoms with Crippen molar-refractivity contribution in [2.45, 2.75) is 38.2 Å². The van der Waals surface area contributed by atoms with E-state index >= 15 is 0 Å². The zero-order chi connectivity index (χ0) is 9.52. The number of carbonyl (C=O) groups excluding carboxylic acids is 1. The minimum absolute atomic E-state index is 0.304. The zero-order valence-corrected chi connectivity index (χ0v) is 8.20. The molecule has 1 fully saturated rings. The summed E-state index contributed by atoms with van der Waals surface area (Å²) in [5.41, 5.74) is 0. The molecule has 1 rings (SSSR count). The average molecular weight is 186 g/mol. The fourth-order valence-corrected chi connectivity index (χ4v) is 1.91. The quantitative estimate of drug-likeness (QED) is 0.484. The molecule has 0 unspecified atom stereocenters. The van der Waals surface area contributed by atoms with Crippen LogP contribution in [0.1, 0.15) is 32.1 Å². The topological polar surface area (TPSA) is 35.5 Å². The Hall–Kier alpha value is -0.410. The van der Waals surface area contributed by atoms with Crippen LogP contribution in [0.3, 0.4) is 0 Å². The molecule has 3 nitrogen and oxygen atoms in total. The molecule has 0 aromatic carbocycles. The summed E-state index contributed by atoms with van der Waals surface area (Å²) in [6.07, 6.45) is 6.48. The lowest BCUT2D eigenvalue weighted by Crippen LogP contribution is -2.23. The Bertz CT molecular complexity index is 147. The van der Waals surface area contributed by atoms with Gasteiger partial charge in [0.05, 0.1) is 6.10 Å². The maximum atomic E-state index is 10.3. The molecule has 0 N–H and O–H groups in total. The standard InChI is InChI=1S/C10H18O3/c1-12-8-13-10-4-2-3-9(7-10)5-6-11/h6,9-10H,2-5,7-8H2,1H3/t9-,10-/m1/s1. The van der Waals surface area contributed by atoms with Crippen molar-refractivity contribution in [1.82, 2.24) is 0 Å². The summed E-state index contributed by atoms with van der Waals surface area (Å²) in [6, 6.07) is 0. The van der Waals surface area contributed by atoms with E-state index in [0.29, 0.717) is 25.2 Å². The number of hydrogen-bond donors (Lipinski definition) is 0. The predicted octanol–water partition coefficient (Wildman–Crippen LogP) is 1.75. The second kappa shape index (κ2) is 6.11. The summed E-state index contributed by atoms with van der Waals surface area (Å²) in [5, 5.41) is 0. The summed E-state index contributed by atoms with van der Waals surface area (Å²) in [4.78, 5) is 10.3. The van der Waals surface area contributed by atoms with Crippen LogP contribution in [-0.4, -0.2) is 26.3 Å². The van der Waals surface area contributed by atoms with Gasteiger partial charge in [0, 0.05) is 13.5 Å². The first kappa shape index (κ1) is 10.7. The Morgan fingerprint density at radius 1 is 1.46 bits per heavy atom. The van der Waals surface area contributed by atoms with E-state index < -0.39 is 0 Å². The van der Waals surface area contributed by atoms with Gasteiger partial charge in [-0.3, -0.25) is 0 Å². The first-order valence-electron chi connectivity index (χ1n) is 4.91. The summed E-state index contributed by atoms with van der Waals surface area (Å²) in [7, 11) is 1.63. The summed E-state index contributed by atoms with van der Waals surface area (Å²) < 4.78 is 10.3. The van der Waals surface area contributed by atoms with Gasteiger partial charge in [-0.05, 0) is 25.2 Å². The zero-order valence-electron chi connectivity index (χ0n) is 8.20. The second-order valence-corrected chi connectivity index (χ2v) is 3.63. The van der Waals surface area contributed by atoms with E-state index in [-0.39, 0.29) is 0 Å². The van der Waals surface area contributed by atoms with Crippen molar-refractivity contribution in [3.63, 3.8) is 0 Å². The Morgan fingerprint density at radius 2 is 2.31 bits per heavy atom. The van der Waals surface area contributed by atoms with E-state index in [0.717, 1.165) is 19.1 Å². The monoisotopic (exact) mass is 186 g/mol. The molecule has 1 aliphatic rings. The largest absolute Gasteiger partial charge is 0.359 e. The van der Waals surface area contributed by atoms with Gasteiger partial charge in [-0.15, -0.1) is 0 Å². The van der Waals surface area contributed by atoms with Crippen molar-refractivity contribution < 1.29 is 14.3 Å². The Balaban J connectivity index is 2.20. The molecule has 3 heteroatoms. The Morgan fingerprint density at radius 3 is 3.00 bits per heavy atom. The molecule has 0 saturated heterocycles. The molecule has 0 bridgehead atoms. The number of methoxy groups -OCH3 is 1. The number of rotatable bonds is 5. The normalized spacial score (nSPS) is 28.7. The SMILES string of the molecule is COCO[C@@H]1CCC[C@H](CC=O)C1. The average Bonchev–Trinajstić information content (AvgIpc) is 2.16. The van der Waals surface area contributed by atoms with Gasteiger partial charge in [0.15, 0.2) is 0 Å². The summed E-state index contributed by atoms with van der Waals surface area (Å²) >= 11 is 0. The molecule has 13 heavy (non-hydrogen) atoms. The predicted molar refractivity (Wildman–Crippen MR) is 49.4 cm³/mol. The fraction of sp³-hybridized carbons (Fsp3) is 0.900. The molecule has 2 atom stereocenters. The van der Waals surface area contributed by atoms with Crippen LogP contribution >= 0.6 is 0 Å². The summed E-state index contributed by atoms with van der Waals surface area (Å²) in [5.74, 6) is 0.535. The highest BCUT2D eigenvalue weighted by atomic mass is 16.7.